The number of para-hydroxylation sites is 1. The zero-order valence-electron chi connectivity index (χ0n) is 13.2. The van der Waals surface area contributed by atoms with Crippen LogP contribution < -0.4 is 10.2 Å². The molecule has 0 bridgehead atoms. The van der Waals surface area contributed by atoms with Gasteiger partial charge in [-0.25, -0.2) is 0 Å². The predicted molar refractivity (Wildman–Crippen MR) is 97.3 cm³/mol. The van der Waals surface area contributed by atoms with Gasteiger partial charge in [-0.3, -0.25) is 15.5 Å². The van der Waals surface area contributed by atoms with E-state index in [1.807, 2.05) is 54.6 Å². The van der Waals surface area contributed by atoms with E-state index in [2.05, 4.69) is 10.5 Å². The topological polar surface area (TPSA) is 76.8 Å². The zero-order valence-corrected chi connectivity index (χ0v) is 13.2. The van der Waals surface area contributed by atoms with Crippen LogP contribution in [-0.4, -0.2) is 11.1 Å². The molecule has 0 saturated heterocycles. The molecule has 0 aliphatic heterocycles. The van der Waals surface area contributed by atoms with Gasteiger partial charge in [0.1, 0.15) is 11.5 Å². The number of hydrogen-bond acceptors (Lipinski definition) is 5. The maximum atomic E-state index is 10.6. The lowest BCUT2D eigenvalue weighted by Gasteiger charge is -2.05. The van der Waals surface area contributed by atoms with Crippen LogP contribution in [0.1, 0.15) is 5.56 Å². The first-order valence-corrected chi connectivity index (χ1v) is 7.57. The standard InChI is InChI=1S/C19H15N3O3/c23-22(24)17-10-8-16(9-11-17)21-20-14-15-6-12-19(13-7-15)25-18-4-2-1-3-5-18/h1-14,21H/b20-14+. The molecule has 0 fully saturated rings. The molecule has 0 aromatic heterocycles. The van der Waals surface area contributed by atoms with Gasteiger partial charge in [0.2, 0.25) is 0 Å². The van der Waals surface area contributed by atoms with Gasteiger partial charge in [0.25, 0.3) is 5.69 Å². The van der Waals surface area contributed by atoms with Gasteiger partial charge in [-0.1, -0.05) is 18.2 Å². The van der Waals surface area contributed by atoms with Gasteiger partial charge in [0.15, 0.2) is 0 Å². The van der Waals surface area contributed by atoms with Crippen molar-refractivity contribution in [3.63, 3.8) is 0 Å². The average molecular weight is 333 g/mol. The van der Waals surface area contributed by atoms with Crippen LogP contribution in [0, 0.1) is 10.1 Å². The lowest BCUT2D eigenvalue weighted by atomic mass is 10.2. The number of nitrogens with zero attached hydrogens (tertiary/aromatic N) is 2. The highest BCUT2D eigenvalue weighted by Crippen LogP contribution is 2.20. The number of anilines is 1. The lowest BCUT2D eigenvalue weighted by molar-refractivity contribution is -0.384. The van der Waals surface area contributed by atoms with Crippen molar-refractivity contribution in [2.45, 2.75) is 0 Å². The van der Waals surface area contributed by atoms with E-state index in [4.69, 9.17) is 4.74 Å². The Morgan fingerprint density at radius 2 is 1.52 bits per heavy atom. The van der Waals surface area contributed by atoms with Crippen LogP contribution in [0.5, 0.6) is 11.5 Å². The summed E-state index contributed by atoms with van der Waals surface area (Å²) in [5.74, 6) is 1.52. The summed E-state index contributed by atoms with van der Waals surface area (Å²) in [5.41, 5.74) is 4.44. The van der Waals surface area contributed by atoms with E-state index in [0.717, 1.165) is 17.1 Å². The molecule has 25 heavy (non-hydrogen) atoms. The lowest BCUT2D eigenvalue weighted by Crippen LogP contribution is -1.92. The molecule has 1 N–H and O–H groups in total. The molecule has 0 unspecified atom stereocenters. The van der Waals surface area contributed by atoms with Gasteiger partial charge in [0, 0.05) is 12.1 Å². The molecule has 124 valence electrons. The summed E-state index contributed by atoms with van der Waals surface area (Å²) in [6.07, 6.45) is 1.66. The van der Waals surface area contributed by atoms with E-state index < -0.39 is 4.92 Å². The minimum absolute atomic E-state index is 0.0449. The summed E-state index contributed by atoms with van der Waals surface area (Å²) in [4.78, 5) is 10.2. The monoisotopic (exact) mass is 333 g/mol. The number of ether oxygens (including phenoxy) is 1. The summed E-state index contributed by atoms with van der Waals surface area (Å²) >= 11 is 0. The van der Waals surface area contributed by atoms with E-state index in [9.17, 15) is 10.1 Å². The third-order valence-corrected chi connectivity index (χ3v) is 3.34. The molecule has 6 heteroatoms. The Balaban J connectivity index is 1.57. The number of rotatable bonds is 6. The highest BCUT2D eigenvalue weighted by atomic mass is 16.6. The van der Waals surface area contributed by atoms with Crippen LogP contribution in [0.4, 0.5) is 11.4 Å². The molecule has 0 amide bonds. The van der Waals surface area contributed by atoms with E-state index in [0.29, 0.717) is 5.69 Å². The van der Waals surface area contributed by atoms with Crippen molar-refractivity contribution in [2.24, 2.45) is 5.10 Å². The van der Waals surface area contributed by atoms with Crippen molar-refractivity contribution < 1.29 is 9.66 Å². The van der Waals surface area contributed by atoms with Crippen LogP contribution in [0.15, 0.2) is 84.0 Å². The molecular weight excluding hydrogens is 318 g/mol. The SMILES string of the molecule is O=[N+]([O-])c1ccc(N/N=C/c2ccc(Oc3ccccc3)cc2)cc1. The number of non-ortho nitro benzene ring substituents is 1. The van der Waals surface area contributed by atoms with E-state index in [1.165, 1.54) is 12.1 Å². The van der Waals surface area contributed by atoms with Crippen molar-refractivity contribution >= 4 is 17.6 Å². The fraction of sp³-hybridized carbons (Fsp3) is 0. The Morgan fingerprint density at radius 1 is 0.880 bits per heavy atom. The highest BCUT2D eigenvalue weighted by molar-refractivity contribution is 5.80. The van der Waals surface area contributed by atoms with Crippen molar-refractivity contribution in [2.75, 3.05) is 5.43 Å². The van der Waals surface area contributed by atoms with Crippen molar-refractivity contribution in [1.82, 2.24) is 0 Å². The molecule has 3 aromatic rings. The molecule has 0 aliphatic rings. The maximum absolute atomic E-state index is 10.6. The largest absolute Gasteiger partial charge is 0.457 e. The normalized spacial score (nSPS) is 10.6. The number of hydrazone groups is 1. The molecule has 0 atom stereocenters. The highest BCUT2D eigenvalue weighted by Gasteiger charge is 2.02. The summed E-state index contributed by atoms with van der Waals surface area (Å²) < 4.78 is 5.72. The number of nitro groups is 1. The third kappa shape index (κ3) is 4.65. The van der Waals surface area contributed by atoms with Gasteiger partial charge in [0.05, 0.1) is 16.8 Å². The van der Waals surface area contributed by atoms with Crippen molar-refractivity contribution in [1.29, 1.82) is 0 Å². The van der Waals surface area contributed by atoms with Gasteiger partial charge in [-0.05, 0) is 54.1 Å². The number of nitrogens with one attached hydrogen (secondary N) is 1. The van der Waals surface area contributed by atoms with Gasteiger partial charge < -0.3 is 4.74 Å². The Kier molecular flexibility index (Phi) is 5.01. The zero-order chi connectivity index (χ0) is 17.5. The van der Waals surface area contributed by atoms with Crippen LogP contribution in [0.25, 0.3) is 0 Å². The number of nitro benzene ring substituents is 1. The quantitative estimate of drug-likeness (QED) is 0.398. The van der Waals surface area contributed by atoms with Crippen LogP contribution >= 0.6 is 0 Å². The summed E-state index contributed by atoms with van der Waals surface area (Å²) in [7, 11) is 0. The molecule has 6 nitrogen and oxygen atoms in total. The Morgan fingerprint density at radius 3 is 2.16 bits per heavy atom. The maximum Gasteiger partial charge on any atom is 0.269 e. The Hall–Kier alpha value is -3.67. The molecular formula is C19H15N3O3. The van der Waals surface area contributed by atoms with Gasteiger partial charge in [-0.15, -0.1) is 0 Å². The molecule has 0 saturated carbocycles. The van der Waals surface area contributed by atoms with Crippen molar-refractivity contribution in [3.05, 3.63) is 94.5 Å². The average Bonchev–Trinajstić information content (AvgIpc) is 2.64. The molecule has 3 rings (SSSR count). The minimum atomic E-state index is -0.438. The van der Waals surface area contributed by atoms with E-state index >= 15 is 0 Å². The number of hydrogen-bond donors (Lipinski definition) is 1. The molecule has 0 radical (unpaired) electrons. The van der Waals surface area contributed by atoms with Crippen molar-refractivity contribution in [3.8, 4) is 11.5 Å². The van der Waals surface area contributed by atoms with Crippen LogP contribution in [-0.2, 0) is 0 Å². The van der Waals surface area contributed by atoms with E-state index in [-0.39, 0.29) is 5.69 Å². The first-order chi connectivity index (χ1) is 12.2. The number of benzene rings is 3. The minimum Gasteiger partial charge on any atom is -0.457 e. The fourth-order valence-electron chi connectivity index (χ4n) is 2.09. The second kappa shape index (κ2) is 7.74. The Labute approximate surface area is 144 Å². The van der Waals surface area contributed by atoms with Gasteiger partial charge in [-0.2, -0.15) is 5.10 Å². The predicted octanol–water partition coefficient (Wildman–Crippen LogP) is 4.83. The van der Waals surface area contributed by atoms with Crippen LogP contribution in [0.2, 0.25) is 0 Å². The van der Waals surface area contributed by atoms with Gasteiger partial charge >= 0.3 is 0 Å². The van der Waals surface area contributed by atoms with Crippen LogP contribution in [0.3, 0.4) is 0 Å². The first kappa shape index (κ1) is 16.2. The smallest absolute Gasteiger partial charge is 0.269 e. The second-order valence-electron chi connectivity index (χ2n) is 5.16. The molecule has 0 heterocycles. The molecule has 3 aromatic carbocycles. The Bertz CT molecular complexity index is 861. The van der Waals surface area contributed by atoms with E-state index in [1.54, 1.807) is 18.3 Å². The summed E-state index contributed by atoms with van der Waals surface area (Å²) in [6, 6.07) is 23.1. The summed E-state index contributed by atoms with van der Waals surface area (Å²) in [5, 5.41) is 14.7. The molecule has 0 aliphatic carbocycles. The third-order valence-electron chi connectivity index (χ3n) is 3.34. The first-order valence-electron chi connectivity index (χ1n) is 7.57. The molecule has 0 spiro atoms. The second-order valence-corrected chi connectivity index (χ2v) is 5.16. The summed E-state index contributed by atoms with van der Waals surface area (Å²) in [6.45, 7) is 0. The fourth-order valence-corrected chi connectivity index (χ4v) is 2.09.